The van der Waals surface area contributed by atoms with E-state index < -0.39 is 17.7 Å². The second-order valence-corrected chi connectivity index (χ2v) is 8.93. The minimum absolute atomic E-state index is 0.0943. The first-order valence-electron chi connectivity index (χ1n) is 10.6. The van der Waals surface area contributed by atoms with Crippen LogP contribution in [0.15, 0.2) is 89.8 Å². The van der Waals surface area contributed by atoms with Crippen LogP contribution in [0.25, 0.3) is 16.5 Å². The Hall–Kier alpha value is -3.77. The highest BCUT2D eigenvalue weighted by Crippen LogP contribution is 2.41. The van der Waals surface area contributed by atoms with Crippen molar-refractivity contribution in [3.63, 3.8) is 0 Å². The molecule has 1 fully saturated rings. The number of fused-ring (bicyclic) bond motifs is 1. The second-order valence-electron chi connectivity index (χ2n) is 7.95. The van der Waals surface area contributed by atoms with Gasteiger partial charge in [0.15, 0.2) is 0 Å². The summed E-state index contributed by atoms with van der Waals surface area (Å²) >= 11 is 1.43. The number of likely N-dealkylation sites (tertiary alicyclic amines) is 1. The number of hydrogen-bond donors (Lipinski definition) is 1. The molecule has 1 aromatic heterocycles. The molecule has 164 valence electrons. The molecule has 3 aromatic carbocycles. The van der Waals surface area contributed by atoms with E-state index in [2.05, 4.69) is 0 Å². The van der Waals surface area contributed by atoms with Crippen molar-refractivity contribution in [1.82, 2.24) is 4.90 Å². The van der Waals surface area contributed by atoms with E-state index in [1.165, 1.54) is 28.4 Å². The molecule has 1 atom stereocenters. The molecule has 6 heteroatoms. The summed E-state index contributed by atoms with van der Waals surface area (Å²) in [4.78, 5) is 28.4. The van der Waals surface area contributed by atoms with Crippen molar-refractivity contribution < 1.29 is 19.1 Å². The average molecular weight is 458 g/mol. The van der Waals surface area contributed by atoms with Gasteiger partial charge in [-0.15, -0.1) is 11.3 Å². The van der Waals surface area contributed by atoms with Crippen molar-refractivity contribution in [1.29, 1.82) is 0 Å². The van der Waals surface area contributed by atoms with Crippen LogP contribution in [0.5, 0.6) is 0 Å². The maximum absolute atomic E-state index is 13.2. The van der Waals surface area contributed by atoms with Crippen LogP contribution in [0.3, 0.4) is 0 Å². The zero-order chi connectivity index (χ0) is 22.9. The summed E-state index contributed by atoms with van der Waals surface area (Å²) < 4.78 is 13.2. The van der Waals surface area contributed by atoms with Crippen molar-refractivity contribution in [3.8, 4) is 0 Å². The normalized spacial score (nSPS) is 17.7. The van der Waals surface area contributed by atoms with Gasteiger partial charge >= 0.3 is 0 Å². The number of halogens is 1. The van der Waals surface area contributed by atoms with Gasteiger partial charge in [0.2, 0.25) is 0 Å². The third kappa shape index (κ3) is 3.94. The summed E-state index contributed by atoms with van der Waals surface area (Å²) in [6.07, 6.45) is 0.463. The molecule has 4 aromatic rings. The predicted octanol–water partition coefficient (Wildman–Crippen LogP) is 5.70. The lowest BCUT2D eigenvalue weighted by Gasteiger charge is -2.24. The molecular weight excluding hydrogens is 437 g/mol. The van der Waals surface area contributed by atoms with E-state index in [9.17, 15) is 19.1 Å². The van der Waals surface area contributed by atoms with Crippen LogP contribution in [0.2, 0.25) is 0 Å². The zero-order valence-electron chi connectivity index (χ0n) is 17.6. The van der Waals surface area contributed by atoms with Gasteiger partial charge in [0.05, 0.1) is 11.6 Å². The average Bonchev–Trinajstić information content (AvgIpc) is 3.45. The SMILES string of the molecule is O=C1C(=O)N(CCc2ccc(F)cc2)C(c2cccs2)/C1=C(/O)c1ccc2ccccc2c1. The lowest BCUT2D eigenvalue weighted by molar-refractivity contribution is -0.139. The fraction of sp³-hybridized carbons (Fsp3) is 0.111. The second kappa shape index (κ2) is 8.64. The van der Waals surface area contributed by atoms with Crippen LogP contribution in [0.4, 0.5) is 4.39 Å². The van der Waals surface area contributed by atoms with E-state index in [0.717, 1.165) is 21.2 Å². The Bertz CT molecular complexity index is 1380. The van der Waals surface area contributed by atoms with Gasteiger partial charge in [-0.2, -0.15) is 0 Å². The molecule has 1 N–H and O–H groups in total. The van der Waals surface area contributed by atoms with E-state index in [1.807, 2.05) is 53.9 Å². The number of ketones is 1. The lowest BCUT2D eigenvalue weighted by atomic mass is 9.98. The van der Waals surface area contributed by atoms with Crippen molar-refractivity contribution in [2.45, 2.75) is 12.5 Å². The van der Waals surface area contributed by atoms with Gasteiger partial charge in [0.1, 0.15) is 11.6 Å². The molecule has 1 amide bonds. The molecule has 1 unspecified atom stereocenters. The lowest BCUT2D eigenvalue weighted by Crippen LogP contribution is -2.31. The fourth-order valence-electron chi connectivity index (χ4n) is 4.25. The maximum Gasteiger partial charge on any atom is 0.295 e. The number of carbonyl (C=O) groups is 2. The Labute approximate surface area is 194 Å². The van der Waals surface area contributed by atoms with Crippen LogP contribution < -0.4 is 0 Å². The van der Waals surface area contributed by atoms with Gasteiger partial charge in [-0.05, 0) is 52.4 Å². The van der Waals surface area contributed by atoms with Crippen LogP contribution in [-0.2, 0) is 16.0 Å². The summed E-state index contributed by atoms with van der Waals surface area (Å²) in [6, 6.07) is 22.3. The van der Waals surface area contributed by atoms with E-state index in [4.69, 9.17) is 0 Å². The van der Waals surface area contributed by atoms with Crippen LogP contribution >= 0.6 is 11.3 Å². The molecule has 0 radical (unpaired) electrons. The fourth-order valence-corrected chi connectivity index (χ4v) is 5.09. The monoisotopic (exact) mass is 457 g/mol. The number of aliphatic hydroxyl groups is 1. The summed E-state index contributed by atoms with van der Waals surface area (Å²) in [7, 11) is 0. The molecule has 0 aliphatic carbocycles. The van der Waals surface area contributed by atoms with Gasteiger partial charge < -0.3 is 10.0 Å². The van der Waals surface area contributed by atoms with Crippen LogP contribution in [0.1, 0.15) is 22.0 Å². The van der Waals surface area contributed by atoms with Gasteiger partial charge in [-0.25, -0.2) is 4.39 Å². The highest BCUT2D eigenvalue weighted by molar-refractivity contribution is 7.10. The number of carbonyl (C=O) groups excluding carboxylic acids is 2. The molecule has 1 saturated heterocycles. The van der Waals surface area contributed by atoms with Crippen molar-refractivity contribution in [2.24, 2.45) is 0 Å². The minimum Gasteiger partial charge on any atom is -0.507 e. The van der Waals surface area contributed by atoms with Crippen LogP contribution in [-0.4, -0.2) is 28.2 Å². The number of aliphatic hydroxyl groups excluding tert-OH is 1. The summed E-state index contributed by atoms with van der Waals surface area (Å²) in [6.45, 7) is 0.271. The minimum atomic E-state index is -0.696. The number of thiophene rings is 1. The quantitative estimate of drug-likeness (QED) is 0.237. The molecular formula is C27H20FNO3S. The Kier molecular flexibility index (Phi) is 5.52. The Morgan fingerprint density at radius 2 is 1.70 bits per heavy atom. The maximum atomic E-state index is 13.2. The van der Waals surface area contributed by atoms with E-state index in [1.54, 1.807) is 18.2 Å². The largest absolute Gasteiger partial charge is 0.507 e. The molecule has 5 rings (SSSR count). The third-order valence-electron chi connectivity index (χ3n) is 5.93. The summed E-state index contributed by atoms with van der Waals surface area (Å²) in [5, 5.41) is 15.0. The predicted molar refractivity (Wildman–Crippen MR) is 127 cm³/mol. The Balaban J connectivity index is 1.55. The molecule has 0 spiro atoms. The van der Waals surface area contributed by atoms with Crippen molar-refractivity contribution >= 4 is 39.6 Å². The Morgan fingerprint density at radius 1 is 0.939 bits per heavy atom. The third-order valence-corrected chi connectivity index (χ3v) is 6.85. The molecule has 1 aliphatic heterocycles. The Morgan fingerprint density at radius 3 is 2.42 bits per heavy atom. The molecule has 0 saturated carbocycles. The summed E-state index contributed by atoms with van der Waals surface area (Å²) in [5.74, 6) is -1.84. The highest BCUT2D eigenvalue weighted by atomic mass is 32.1. The first-order valence-corrected chi connectivity index (χ1v) is 11.5. The molecule has 0 bridgehead atoms. The molecule has 33 heavy (non-hydrogen) atoms. The molecule has 2 heterocycles. The van der Waals surface area contributed by atoms with Crippen LogP contribution in [0, 0.1) is 5.82 Å². The first-order chi connectivity index (χ1) is 16.0. The van der Waals surface area contributed by atoms with Crippen molar-refractivity contribution in [3.05, 3.63) is 112 Å². The number of Topliss-reactive ketones (excluding diaryl/α,β-unsaturated/α-hetero) is 1. The number of hydrogen-bond acceptors (Lipinski definition) is 4. The van der Waals surface area contributed by atoms with E-state index in [-0.39, 0.29) is 23.7 Å². The van der Waals surface area contributed by atoms with Gasteiger partial charge in [0.25, 0.3) is 11.7 Å². The number of amides is 1. The standard InChI is InChI=1S/C27H20FNO3S/c28-21-11-7-17(8-12-21)13-14-29-24(22-6-3-15-33-22)23(26(31)27(29)32)25(30)20-10-9-18-4-1-2-5-19(18)16-20/h1-12,15-16,24,30H,13-14H2/b25-23-. The number of benzene rings is 3. The topological polar surface area (TPSA) is 57.6 Å². The number of rotatable bonds is 5. The first kappa shape index (κ1) is 21.1. The van der Waals surface area contributed by atoms with E-state index >= 15 is 0 Å². The van der Waals surface area contributed by atoms with Gasteiger partial charge in [0, 0.05) is 17.0 Å². The summed E-state index contributed by atoms with van der Waals surface area (Å²) in [5.41, 5.74) is 1.45. The number of nitrogens with zero attached hydrogens (tertiary/aromatic N) is 1. The van der Waals surface area contributed by atoms with E-state index in [0.29, 0.717) is 12.0 Å². The zero-order valence-corrected chi connectivity index (χ0v) is 18.4. The highest BCUT2D eigenvalue weighted by Gasteiger charge is 2.46. The smallest absolute Gasteiger partial charge is 0.295 e. The molecule has 1 aliphatic rings. The van der Waals surface area contributed by atoms with Gasteiger partial charge in [-0.3, -0.25) is 9.59 Å². The molecule has 4 nitrogen and oxygen atoms in total. The van der Waals surface area contributed by atoms with Gasteiger partial charge in [-0.1, -0.05) is 54.6 Å². The van der Waals surface area contributed by atoms with Crippen molar-refractivity contribution in [2.75, 3.05) is 6.54 Å².